The van der Waals surface area contributed by atoms with E-state index >= 15 is 0 Å². The van der Waals surface area contributed by atoms with Crippen molar-refractivity contribution >= 4 is 46.5 Å². The maximum Gasteiger partial charge on any atom is 0.275 e. The lowest BCUT2D eigenvalue weighted by molar-refractivity contribution is 0.101. The monoisotopic (exact) mass is 390 g/mol. The number of nitrogens with zero attached hydrogens (tertiary/aromatic N) is 2. The molecule has 2 amide bonds. The summed E-state index contributed by atoms with van der Waals surface area (Å²) >= 11 is 11.9. The fourth-order valence-corrected chi connectivity index (χ4v) is 2.41. The van der Waals surface area contributed by atoms with Crippen molar-refractivity contribution < 1.29 is 14.1 Å². The molecule has 2 N–H and O–H groups in total. The van der Waals surface area contributed by atoms with Gasteiger partial charge in [0.05, 0.1) is 10.7 Å². The predicted octanol–water partition coefficient (Wildman–Crippen LogP) is 4.19. The van der Waals surface area contributed by atoms with Crippen molar-refractivity contribution in [1.29, 1.82) is 0 Å². The Morgan fingerprint density at radius 2 is 1.69 bits per heavy atom. The van der Waals surface area contributed by atoms with Crippen LogP contribution in [0.3, 0.4) is 0 Å². The second-order valence-corrected chi connectivity index (χ2v) is 6.11. The Morgan fingerprint density at radius 3 is 2.35 bits per heavy atom. The van der Waals surface area contributed by atoms with Crippen LogP contribution in [0.25, 0.3) is 0 Å². The van der Waals surface area contributed by atoms with Crippen LogP contribution in [0.5, 0.6) is 0 Å². The molecule has 0 aliphatic rings. The summed E-state index contributed by atoms with van der Waals surface area (Å²) in [6.07, 6.45) is 0. The summed E-state index contributed by atoms with van der Waals surface area (Å²) in [5.41, 5.74) is 0.444. The van der Waals surface area contributed by atoms with Crippen LogP contribution in [0.4, 0.5) is 11.5 Å². The Balaban J connectivity index is 1.76. The number of carbonyl (C=O) groups excluding carboxylic acids is 2. The molecular weight excluding hydrogens is 379 g/mol. The average Bonchev–Trinajstić information content (AvgIpc) is 3.03. The number of aryl methyl sites for hydroxylation is 1. The predicted molar refractivity (Wildman–Crippen MR) is 97.8 cm³/mol. The van der Waals surface area contributed by atoms with E-state index in [9.17, 15) is 9.59 Å². The summed E-state index contributed by atoms with van der Waals surface area (Å²) in [7, 11) is 0. The number of aromatic nitrogens is 2. The normalized spacial score (nSPS) is 10.4. The quantitative estimate of drug-likeness (QED) is 0.695. The van der Waals surface area contributed by atoms with E-state index in [1.165, 1.54) is 18.2 Å². The molecule has 1 aromatic carbocycles. The topological polar surface area (TPSA) is 97.1 Å². The minimum absolute atomic E-state index is 0.0463. The van der Waals surface area contributed by atoms with Gasteiger partial charge in [0.1, 0.15) is 17.1 Å². The molecule has 3 aromatic rings. The van der Waals surface area contributed by atoms with Gasteiger partial charge in [0.2, 0.25) is 0 Å². The highest BCUT2D eigenvalue weighted by molar-refractivity contribution is 6.35. The highest BCUT2D eigenvalue weighted by atomic mass is 35.5. The first kappa shape index (κ1) is 17.9. The van der Waals surface area contributed by atoms with Gasteiger partial charge in [0.15, 0.2) is 5.82 Å². The molecule has 0 aliphatic heterocycles. The largest absolute Gasteiger partial charge is 0.360 e. The number of carbonyl (C=O) groups is 2. The first-order valence-electron chi connectivity index (χ1n) is 7.40. The zero-order chi connectivity index (χ0) is 18.7. The van der Waals surface area contributed by atoms with E-state index in [1.807, 2.05) is 0 Å². The fourth-order valence-electron chi connectivity index (χ4n) is 2.07. The Morgan fingerprint density at radius 1 is 1.00 bits per heavy atom. The van der Waals surface area contributed by atoms with Crippen molar-refractivity contribution in [3.05, 3.63) is 69.7 Å². The van der Waals surface area contributed by atoms with Crippen LogP contribution < -0.4 is 10.6 Å². The number of hydrogen-bond acceptors (Lipinski definition) is 5. The van der Waals surface area contributed by atoms with Crippen LogP contribution in [0, 0.1) is 6.92 Å². The summed E-state index contributed by atoms with van der Waals surface area (Å²) in [5, 5.41) is 9.57. The summed E-state index contributed by atoms with van der Waals surface area (Å²) in [5.74, 6) is -0.232. The van der Waals surface area contributed by atoms with Gasteiger partial charge >= 0.3 is 0 Å². The van der Waals surface area contributed by atoms with E-state index in [-0.39, 0.29) is 17.2 Å². The summed E-state index contributed by atoms with van der Waals surface area (Å²) < 4.78 is 4.88. The van der Waals surface area contributed by atoms with Crippen molar-refractivity contribution in [1.82, 2.24) is 10.1 Å². The molecule has 7 nitrogen and oxygen atoms in total. The van der Waals surface area contributed by atoms with Crippen LogP contribution in [-0.4, -0.2) is 22.0 Å². The minimum Gasteiger partial charge on any atom is -0.360 e. The molecule has 0 saturated heterocycles. The number of amides is 2. The van der Waals surface area contributed by atoms with Gasteiger partial charge in [-0.05, 0) is 37.3 Å². The summed E-state index contributed by atoms with van der Waals surface area (Å²) in [4.78, 5) is 28.7. The second kappa shape index (κ2) is 7.55. The van der Waals surface area contributed by atoms with Gasteiger partial charge in [-0.1, -0.05) is 34.4 Å². The van der Waals surface area contributed by atoms with Gasteiger partial charge in [-0.3, -0.25) is 9.59 Å². The number of halogens is 2. The van der Waals surface area contributed by atoms with Crippen molar-refractivity contribution in [3.8, 4) is 0 Å². The molecule has 2 heterocycles. The van der Waals surface area contributed by atoms with E-state index in [0.717, 1.165) is 0 Å². The second-order valence-electron chi connectivity index (χ2n) is 5.26. The number of hydrogen-bond donors (Lipinski definition) is 2. The third-order valence-corrected chi connectivity index (χ3v) is 3.83. The zero-order valence-electron chi connectivity index (χ0n) is 13.4. The third kappa shape index (κ3) is 4.19. The number of pyridine rings is 1. The molecule has 0 atom stereocenters. The molecule has 2 aromatic heterocycles. The standard InChI is InChI=1S/C17H12Cl2N4O3/c1-9-7-15(23-26-9)22-17(25)13-4-2-3-12(20-13)16(24)21-14-8-10(18)5-6-11(14)19/h2-8H,1H3,(H,21,24)(H,22,23,25). The zero-order valence-corrected chi connectivity index (χ0v) is 14.9. The van der Waals surface area contributed by atoms with Crippen LogP contribution in [-0.2, 0) is 0 Å². The lowest BCUT2D eigenvalue weighted by atomic mass is 10.2. The molecule has 0 bridgehead atoms. The number of rotatable bonds is 4. The van der Waals surface area contributed by atoms with Crippen LogP contribution in [0.15, 0.2) is 47.0 Å². The Hall–Kier alpha value is -2.90. The molecule has 9 heteroatoms. The van der Waals surface area contributed by atoms with Crippen molar-refractivity contribution in [3.63, 3.8) is 0 Å². The van der Waals surface area contributed by atoms with Crippen molar-refractivity contribution in [2.24, 2.45) is 0 Å². The maximum atomic E-state index is 12.4. The molecule has 3 rings (SSSR count). The van der Waals surface area contributed by atoms with Crippen molar-refractivity contribution in [2.45, 2.75) is 6.92 Å². The van der Waals surface area contributed by atoms with E-state index < -0.39 is 11.8 Å². The smallest absolute Gasteiger partial charge is 0.275 e. The molecule has 0 radical (unpaired) electrons. The highest BCUT2D eigenvalue weighted by Gasteiger charge is 2.15. The first-order valence-corrected chi connectivity index (χ1v) is 8.16. The highest BCUT2D eigenvalue weighted by Crippen LogP contribution is 2.25. The minimum atomic E-state index is -0.527. The molecule has 0 unspecified atom stereocenters. The molecule has 0 aliphatic carbocycles. The van der Waals surface area contributed by atoms with Gasteiger partial charge < -0.3 is 15.2 Å². The lowest BCUT2D eigenvalue weighted by Gasteiger charge is -2.08. The van der Waals surface area contributed by atoms with Gasteiger partial charge in [-0.25, -0.2) is 4.98 Å². The summed E-state index contributed by atoms with van der Waals surface area (Å²) in [6, 6.07) is 10.8. The van der Waals surface area contributed by atoms with Crippen molar-refractivity contribution in [2.75, 3.05) is 10.6 Å². The number of nitrogens with one attached hydrogen (secondary N) is 2. The molecule has 0 spiro atoms. The molecular formula is C17H12Cl2N4O3. The Labute approximate surface area is 158 Å². The number of anilines is 2. The van der Waals surface area contributed by atoms with Gasteiger partial charge in [0, 0.05) is 11.1 Å². The Kier molecular flexibility index (Phi) is 5.20. The third-order valence-electron chi connectivity index (χ3n) is 3.26. The lowest BCUT2D eigenvalue weighted by Crippen LogP contribution is -2.18. The van der Waals surface area contributed by atoms with Gasteiger partial charge in [0.25, 0.3) is 11.8 Å². The average molecular weight is 391 g/mol. The van der Waals surface area contributed by atoms with E-state index in [2.05, 4.69) is 20.8 Å². The first-order chi connectivity index (χ1) is 12.4. The summed E-state index contributed by atoms with van der Waals surface area (Å²) in [6.45, 7) is 1.70. The molecule has 0 saturated carbocycles. The SMILES string of the molecule is Cc1cc(NC(=O)c2cccc(C(=O)Nc3cc(Cl)ccc3Cl)n2)no1. The van der Waals surface area contributed by atoms with E-state index in [0.29, 0.717) is 21.5 Å². The maximum absolute atomic E-state index is 12.4. The Bertz CT molecular complexity index is 988. The van der Waals surface area contributed by atoms with E-state index in [1.54, 1.807) is 31.2 Å². The van der Waals surface area contributed by atoms with Crippen LogP contribution in [0.1, 0.15) is 26.7 Å². The molecule has 132 valence electrons. The fraction of sp³-hybridized carbons (Fsp3) is 0.0588. The van der Waals surface area contributed by atoms with E-state index in [4.69, 9.17) is 27.7 Å². The molecule has 0 fully saturated rings. The van der Waals surface area contributed by atoms with Gasteiger partial charge in [-0.15, -0.1) is 0 Å². The van der Waals surface area contributed by atoms with Gasteiger partial charge in [-0.2, -0.15) is 0 Å². The number of benzene rings is 1. The van der Waals surface area contributed by atoms with Crippen LogP contribution in [0.2, 0.25) is 10.0 Å². The van der Waals surface area contributed by atoms with Crippen LogP contribution >= 0.6 is 23.2 Å². The molecule has 26 heavy (non-hydrogen) atoms.